The van der Waals surface area contributed by atoms with E-state index in [0.29, 0.717) is 22.4 Å². The van der Waals surface area contributed by atoms with Gasteiger partial charge in [0.1, 0.15) is 10.7 Å². The first-order valence-electron chi connectivity index (χ1n) is 8.81. The Bertz CT molecular complexity index is 1040. The zero-order valence-corrected chi connectivity index (χ0v) is 16.5. The Hall–Kier alpha value is -2.80. The summed E-state index contributed by atoms with van der Waals surface area (Å²) in [5, 5.41) is 2.99. The van der Waals surface area contributed by atoms with Gasteiger partial charge >= 0.3 is 0 Å². The monoisotopic (exact) mass is 418 g/mol. The van der Waals surface area contributed by atoms with Crippen LogP contribution in [0.2, 0.25) is 0 Å². The molecule has 1 N–H and O–H groups in total. The van der Waals surface area contributed by atoms with E-state index in [-0.39, 0.29) is 16.1 Å². The number of aryl methyl sites for hydroxylation is 1. The van der Waals surface area contributed by atoms with Gasteiger partial charge in [0, 0.05) is 35.5 Å². The number of benzene rings is 2. The standard InChI is InChI=1S/C22H18F4N2S/c1-13-12-14(9-10-17(13)22(2,25)26)15-6-3-4-8-18(15)28-21(29)16-7-5-11-27-19(16)20(23)24/h3-12,20H,1-2H3,(H,28,29). The molecular formula is C22H18F4N2S. The van der Waals surface area contributed by atoms with E-state index in [2.05, 4.69) is 10.3 Å². The first-order valence-corrected chi connectivity index (χ1v) is 9.22. The molecule has 29 heavy (non-hydrogen) atoms. The van der Waals surface area contributed by atoms with Crippen molar-refractivity contribution in [3.05, 3.63) is 83.2 Å². The fourth-order valence-electron chi connectivity index (χ4n) is 3.14. The van der Waals surface area contributed by atoms with Crippen LogP contribution in [0.25, 0.3) is 11.1 Å². The minimum Gasteiger partial charge on any atom is -0.346 e. The highest BCUT2D eigenvalue weighted by Gasteiger charge is 2.26. The molecule has 0 amide bonds. The van der Waals surface area contributed by atoms with Crippen molar-refractivity contribution in [3.63, 3.8) is 0 Å². The summed E-state index contributed by atoms with van der Waals surface area (Å²) in [4.78, 5) is 3.82. The first-order chi connectivity index (χ1) is 13.7. The van der Waals surface area contributed by atoms with Gasteiger partial charge in [-0.05, 0) is 36.2 Å². The van der Waals surface area contributed by atoms with E-state index in [1.165, 1.54) is 24.4 Å². The number of para-hydroxylation sites is 1. The van der Waals surface area contributed by atoms with Crippen molar-refractivity contribution in [3.8, 4) is 11.1 Å². The molecule has 1 heterocycles. The van der Waals surface area contributed by atoms with Crippen molar-refractivity contribution >= 4 is 22.9 Å². The van der Waals surface area contributed by atoms with Crippen LogP contribution in [0.4, 0.5) is 23.2 Å². The molecule has 3 aromatic rings. The number of nitrogens with zero attached hydrogens (tertiary/aromatic N) is 1. The quantitative estimate of drug-likeness (QED) is 0.361. The second-order valence-electron chi connectivity index (χ2n) is 6.65. The second kappa shape index (κ2) is 8.29. The minimum absolute atomic E-state index is 0.0425. The summed E-state index contributed by atoms with van der Waals surface area (Å²) >= 11 is 5.33. The van der Waals surface area contributed by atoms with Gasteiger partial charge in [-0.2, -0.15) is 0 Å². The Labute approximate surface area is 171 Å². The van der Waals surface area contributed by atoms with Gasteiger partial charge in [0.15, 0.2) is 0 Å². The summed E-state index contributed by atoms with van der Waals surface area (Å²) in [6.07, 6.45) is -1.47. The van der Waals surface area contributed by atoms with Gasteiger partial charge in [-0.3, -0.25) is 4.98 Å². The average Bonchev–Trinajstić information content (AvgIpc) is 2.67. The Kier molecular flexibility index (Phi) is 5.98. The third-order valence-electron chi connectivity index (χ3n) is 4.48. The van der Waals surface area contributed by atoms with Gasteiger partial charge in [0.25, 0.3) is 12.3 Å². The molecular weight excluding hydrogens is 400 g/mol. The number of alkyl halides is 4. The number of hydrogen-bond donors (Lipinski definition) is 1. The fourth-order valence-corrected chi connectivity index (χ4v) is 3.42. The maximum absolute atomic E-state index is 13.7. The molecule has 1 aromatic heterocycles. The Balaban J connectivity index is 1.97. The molecule has 0 radical (unpaired) electrons. The van der Waals surface area contributed by atoms with E-state index in [4.69, 9.17) is 12.2 Å². The Morgan fingerprint density at radius 2 is 1.79 bits per heavy atom. The molecule has 0 saturated heterocycles. The maximum atomic E-state index is 13.7. The number of rotatable bonds is 5. The summed E-state index contributed by atoms with van der Waals surface area (Å²) in [6.45, 7) is 2.49. The highest BCUT2D eigenvalue weighted by molar-refractivity contribution is 7.81. The number of anilines is 1. The molecule has 0 fully saturated rings. The molecule has 0 aliphatic carbocycles. The van der Waals surface area contributed by atoms with Crippen LogP contribution >= 0.6 is 12.2 Å². The van der Waals surface area contributed by atoms with Gasteiger partial charge in [-0.15, -0.1) is 0 Å². The number of pyridine rings is 1. The molecule has 0 unspecified atom stereocenters. The predicted octanol–water partition coefficient (Wildman–Crippen LogP) is 6.89. The topological polar surface area (TPSA) is 24.9 Å². The molecule has 150 valence electrons. The first kappa shape index (κ1) is 20.9. The molecule has 0 bridgehead atoms. The fraction of sp³-hybridized carbons (Fsp3) is 0.182. The molecule has 3 rings (SSSR count). The van der Waals surface area contributed by atoms with Crippen molar-refractivity contribution in [1.29, 1.82) is 0 Å². The number of aromatic nitrogens is 1. The van der Waals surface area contributed by atoms with Crippen LogP contribution in [0.1, 0.15) is 35.7 Å². The van der Waals surface area contributed by atoms with Gasteiger partial charge in [-0.25, -0.2) is 17.6 Å². The van der Waals surface area contributed by atoms with E-state index in [9.17, 15) is 17.6 Å². The molecule has 2 nitrogen and oxygen atoms in total. The summed E-state index contributed by atoms with van der Waals surface area (Å²) in [7, 11) is 0. The minimum atomic E-state index is -2.94. The highest BCUT2D eigenvalue weighted by Crippen LogP contribution is 2.35. The third kappa shape index (κ3) is 4.62. The highest BCUT2D eigenvalue weighted by atomic mass is 32.1. The van der Waals surface area contributed by atoms with E-state index >= 15 is 0 Å². The van der Waals surface area contributed by atoms with Crippen molar-refractivity contribution < 1.29 is 17.6 Å². The average molecular weight is 418 g/mol. The number of thiocarbonyl (C=S) groups is 1. The number of nitrogens with one attached hydrogen (secondary N) is 1. The van der Waals surface area contributed by atoms with Crippen molar-refractivity contribution in [1.82, 2.24) is 4.98 Å². The molecule has 7 heteroatoms. The van der Waals surface area contributed by atoms with E-state index < -0.39 is 18.0 Å². The lowest BCUT2D eigenvalue weighted by Gasteiger charge is -2.17. The molecule has 0 aliphatic rings. The van der Waals surface area contributed by atoms with E-state index in [1.54, 1.807) is 43.3 Å². The molecule has 0 aliphatic heterocycles. The van der Waals surface area contributed by atoms with Crippen molar-refractivity contribution in [2.45, 2.75) is 26.2 Å². The van der Waals surface area contributed by atoms with Crippen LogP contribution in [-0.4, -0.2) is 9.97 Å². The second-order valence-corrected chi connectivity index (χ2v) is 7.06. The largest absolute Gasteiger partial charge is 0.346 e. The van der Waals surface area contributed by atoms with Gasteiger partial charge in [-0.1, -0.05) is 48.6 Å². The summed E-state index contributed by atoms with van der Waals surface area (Å²) in [5.74, 6) is -2.94. The normalized spacial score (nSPS) is 11.6. The van der Waals surface area contributed by atoms with Gasteiger partial charge in [0.2, 0.25) is 0 Å². The summed E-state index contributed by atoms with van der Waals surface area (Å²) < 4.78 is 53.9. The zero-order chi connectivity index (χ0) is 21.2. The summed E-state index contributed by atoms with van der Waals surface area (Å²) in [6, 6.07) is 14.8. The lowest BCUT2D eigenvalue weighted by molar-refractivity contribution is 0.0168. The van der Waals surface area contributed by atoms with E-state index in [0.717, 1.165) is 6.92 Å². The van der Waals surface area contributed by atoms with E-state index in [1.807, 2.05) is 0 Å². The summed E-state index contributed by atoms with van der Waals surface area (Å²) in [5.41, 5.74) is 2.17. The lowest BCUT2D eigenvalue weighted by Crippen LogP contribution is -2.15. The molecule has 0 spiro atoms. The zero-order valence-electron chi connectivity index (χ0n) is 15.7. The Morgan fingerprint density at radius 1 is 1.07 bits per heavy atom. The van der Waals surface area contributed by atoms with Crippen LogP contribution in [-0.2, 0) is 5.92 Å². The van der Waals surface area contributed by atoms with Crippen LogP contribution in [0.15, 0.2) is 60.8 Å². The molecule has 0 atom stereocenters. The Morgan fingerprint density at radius 3 is 2.45 bits per heavy atom. The SMILES string of the molecule is Cc1cc(-c2ccccc2NC(=S)c2cccnc2C(F)F)ccc1C(C)(F)F. The van der Waals surface area contributed by atoms with Crippen LogP contribution in [0, 0.1) is 6.92 Å². The van der Waals surface area contributed by atoms with Gasteiger partial charge < -0.3 is 5.32 Å². The van der Waals surface area contributed by atoms with Crippen molar-refractivity contribution in [2.24, 2.45) is 0 Å². The van der Waals surface area contributed by atoms with Crippen molar-refractivity contribution in [2.75, 3.05) is 5.32 Å². The van der Waals surface area contributed by atoms with Crippen LogP contribution in [0.3, 0.4) is 0 Å². The molecule has 0 saturated carbocycles. The smallest absolute Gasteiger partial charge is 0.281 e. The van der Waals surface area contributed by atoms with Crippen LogP contribution < -0.4 is 5.32 Å². The predicted molar refractivity (Wildman–Crippen MR) is 111 cm³/mol. The number of hydrogen-bond acceptors (Lipinski definition) is 2. The molecule has 2 aromatic carbocycles. The van der Waals surface area contributed by atoms with Gasteiger partial charge in [0.05, 0.1) is 0 Å². The lowest BCUT2D eigenvalue weighted by atomic mass is 9.96. The maximum Gasteiger partial charge on any atom is 0.281 e. The number of halogens is 4. The third-order valence-corrected chi connectivity index (χ3v) is 4.80. The van der Waals surface area contributed by atoms with Crippen LogP contribution in [0.5, 0.6) is 0 Å².